The van der Waals surface area contributed by atoms with Gasteiger partial charge in [0.15, 0.2) is 6.04 Å². The summed E-state index contributed by atoms with van der Waals surface area (Å²) in [5.74, 6) is -0.319. The molecule has 23 heavy (non-hydrogen) atoms. The number of ether oxygens (including phenoxy) is 2. The van der Waals surface area contributed by atoms with E-state index >= 15 is 0 Å². The van der Waals surface area contributed by atoms with Crippen LogP contribution in [-0.4, -0.2) is 49.8 Å². The highest BCUT2D eigenvalue weighted by atomic mass is 16.6. The van der Waals surface area contributed by atoms with Crippen LogP contribution in [0.3, 0.4) is 0 Å². The molecule has 1 atom stereocenters. The van der Waals surface area contributed by atoms with Crippen molar-refractivity contribution < 1.29 is 19.1 Å². The third-order valence-electron chi connectivity index (χ3n) is 3.09. The van der Waals surface area contributed by atoms with E-state index in [0.29, 0.717) is 13.2 Å². The quantitative estimate of drug-likeness (QED) is 0.319. The van der Waals surface area contributed by atoms with Gasteiger partial charge in [0.2, 0.25) is 5.96 Å². The molecule has 0 bridgehead atoms. The van der Waals surface area contributed by atoms with E-state index in [-0.39, 0.29) is 19.2 Å². The molecular weight excluding hydrogens is 298 g/mol. The number of benzene rings is 1. The van der Waals surface area contributed by atoms with Crippen molar-refractivity contribution in [3.63, 3.8) is 0 Å². The van der Waals surface area contributed by atoms with Crippen molar-refractivity contribution in [1.29, 1.82) is 0 Å². The Labute approximate surface area is 137 Å². The van der Waals surface area contributed by atoms with Crippen LogP contribution < -0.4 is 5.73 Å². The maximum absolute atomic E-state index is 12.3. The second-order valence-corrected chi connectivity index (χ2v) is 4.67. The highest BCUT2D eigenvalue weighted by molar-refractivity contribution is 5.85. The minimum absolute atomic E-state index is 0.0918. The van der Waals surface area contributed by atoms with E-state index in [1.165, 1.54) is 7.11 Å². The number of hydrogen-bond donors (Lipinski definition) is 1. The maximum Gasteiger partial charge on any atom is 0.331 e. The van der Waals surface area contributed by atoms with Crippen molar-refractivity contribution in [2.75, 3.05) is 26.9 Å². The summed E-state index contributed by atoms with van der Waals surface area (Å²) in [6.07, 6.45) is 0. The van der Waals surface area contributed by atoms with Gasteiger partial charge in [-0.3, -0.25) is 0 Å². The van der Waals surface area contributed by atoms with Gasteiger partial charge in [0.25, 0.3) is 0 Å². The molecule has 0 saturated heterocycles. The van der Waals surface area contributed by atoms with Crippen molar-refractivity contribution >= 4 is 11.9 Å². The Bertz CT molecular complexity index is 493. The van der Waals surface area contributed by atoms with Crippen LogP contribution >= 0.6 is 0 Å². The molecule has 7 nitrogen and oxygen atoms in total. The fourth-order valence-corrected chi connectivity index (χ4v) is 2.03. The van der Waals surface area contributed by atoms with E-state index in [9.17, 15) is 4.79 Å². The minimum Gasteiger partial charge on any atom is -0.464 e. The molecule has 128 valence electrons. The van der Waals surface area contributed by atoms with Crippen LogP contribution in [0.1, 0.15) is 19.4 Å². The first-order valence-corrected chi connectivity index (χ1v) is 7.55. The highest BCUT2D eigenvalue weighted by Gasteiger charge is 2.29. The van der Waals surface area contributed by atoms with Crippen molar-refractivity contribution in [3.8, 4) is 0 Å². The molecule has 1 aromatic rings. The Balaban J connectivity index is 3.05. The molecule has 1 aromatic carbocycles. The van der Waals surface area contributed by atoms with E-state index < -0.39 is 12.0 Å². The SMILES string of the molecule is CCOCC(C(=O)OCC)N(Cc1ccccc1)C(N)=NOC. The highest BCUT2D eigenvalue weighted by Crippen LogP contribution is 2.11. The molecule has 0 aliphatic rings. The number of oxime groups is 1. The molecule has 0 aliphatic carbocycles. The predicted molar refractivity (Wildman–Crippen MR) is 87.5 cm³/mol. The summed E-state index contributed by atoms with van der Waals surface area (Å²) >= 11 is 0. The Hall–Kier alpha value is -2.28. The summed E-state index contributed by atoms with van der Waals surface area (Å²) < 4.78 is 10.6. The van der Waals surface area contributed by atoms with Crippen LogP contribution in [-0.2, 0) is 25.7 Å². The van der Waals surface area contributed by atoms with E-state index in [2.05, 4.69) is 5.16 Å². The Morgan fingerprint density at radius 1 is 1.26 bits per heavy atom. The zero-order chi connectivity index (χ0) is 17.1. The summed E-state index contributed by atoms with van der Waals surface area (Å²) in [4.78, 5) is 18.7. The van der Waals surface area contributed by atoms with Crippen molar-refractivity contribution in [1.82, 2.24) is 4.90 Å². The Morgan fingerprint density at radius 2 is 1.96 bits per heavy atom. The van der Waals surface area contributed by atoms with Crippen LogP contribution in [0.4, 0.5) is 0 Å². The minimum atomic E-state index is -0.700. The zero-order valence-electron chi connectivity index (χ0n) is 13.9. The van der Waals surface area contributed by atoms with Gasteiger partial charge in [0, 0.05) is 13.2 Å². The van der Waals surface area contributed by atoms with E-state index in [0.717, 1.165) is 5.56 Å². The average Bonchev–Trinajstić information content (AvgIpc) is 2.55. The van der Waals surface area contributed by atoms with Crippen LogP contribution in [0.5, 0.6) is 0 Å². The lowest BCUT2D eigenvalue weighted by atomic mass is 10.2. The van der Waals surface area contributed by atoms with Crippen molar-refractivity contribution in [2.24, 2.45) is 10.9 Å². The van der Waals surface area contributed by atoms with Gasteiger partial charge in [-0.25, -0.2) is 4.79 Å². The molecule has 0 heterocycles. The second kappa shape index (κ2) is 10.4. The number of carbonyl (C=O) groups is 1. The second-order valence-electron chi connectivity index (χ2n) is 4.67. The smallest absolute Gasteiger partial charge is 0.331 e. The molecule has 0 spiro atoms. The largest absolute Gasteiger partial charge is 0.464 e. The summed E-state index contributed by atoms with van der Waals surface area (Å²) in [7, 11) is 1.40. The number of esters is 1. The van der Waals surface area contributed by atoms with Gasteiger partial charge in [-0.15, -0.1) is 0 Å². The Kier molecular flexibility index (Phi) is 8.52. The number of guanidine groups is 1. The van der Waals surface area contributed by atoms with Gasteiger partial charge in [-0.05, 0) is 24.6 Å². The van der Waals surface area contributed by atoms with Crippen molar-refractivity contribution in [2.45, 2.75) is 26.4 Å². The normalized spacial score (nSPS) is 12.6. The maximum atomic E-state index is 12.3. The topological polar surface area (TPSA) is 86.4 Å². The van der Waals surface area contributed by atoms with Gasteiger partial charge < -0.3 is 24.9 Å². The number of carbonyl (C=O) groups excluding carboxylic acids is 1. The Morgan fingerprint density at radius 3 is 2.52 bits per heavy atom. The monoisotopic (exact) mass is 323 g/mol. The molecule has 0 radical (unpaired) electrons. The zero-order valence-corrected chi connectivity index (χ0v) is 13.9. The fraction of sp³-hybridized carbons (Fsp3) is 0.500. The summed E-state index contributed by atoms with van der Waals surface area (Å²) in [5.41, 5.74) is 6.95. The molecule has 1 unspecified atom stereocenters. The number of rotatable bonds is 9. The number of nitrogens with two attached hydrogens (primary N) is 1. The molecule has 0 aliphatic heterocycles. The summed E-state index contributed by atoms with van der Waals surface area (Å²) in [6, 6.07) is 8.93. The number of nitrogens with zero attached hydrogens (tertiary/aromatic N) is 2. The molecule has 0 aromatic heterocycles. The molecule has 0 saturated carbocycles. The van der Waals surface area contributed by atoms with E-state index in [1.54, 1.807) is 11.8 Å². The summed E-state index contributed by atoms with van der Waals surface area (Å²) in [6.45, 7) is 4.91. The van der Waals surface area contributed by atoms with E-state index in [4.69, 9.17) is 20.0 Å². The number of hydrogen-bond acceptors (Lipinski definition) is 5. The lowest BCUT2D eigenvalue weighted by Crippen LogP contribution is -2.51. The first kappa shape index (κ1) is 18.8. The first-order valence-electron chi connectivity index (χ1n) is 7.55. The molecule has 0 amide bonds. The van der Waals surface area contributed by atoms with Gasteiger partial charge in [0.05, 0.1) is 13.2 Å². The third kappa shape index (κ3) is 6.15. The van der Waals surface area contributed by atoms with Crippen LogP contribution in [0.15, 0.2) is 35.5 Å². The van der Waals surface area contributed by atoms with Gasteiger partial charge in [-0.2, -0.15) is 0 Å². The molecule has 0 fully saturated rings. The average molecular weight is 323 g/mol. The lowest BCUT2D eigenvalue weighted by Gasteiger charge is -2.30. The first-order chi connectivity index (χ1) is 11.1. The summed E-state index contributed by atoms with van der Waals surface area (Å²) in [5, 5.41) is 3.75. The molecular formula is C16H25N3O4. The lowest BCUT2D eigenvalue weighted by molar-refractivity contribution is -0.150. The van der Waals surface area contributed by atoms with Gasteiger partial charge in [-0.1, -0.05) is 30.3 Å². The van der Waals surface area contributed by atoms with Crippen LogP contribution in [0.25, 0.3) is 0 Å². The van der Waals surface area contributed by atoms with E-state index in [1.807, 2.05) is 37.3 Å². The fourth-order valence-electron chi connectivity index (χ4n) is 2.03. The van der Waals surface area contributed by atoms with Crippen LogP contribution in [0.2, 0.25) is 0 Å². The molecule has 2 N–H and O–H groups in total. The van der Waals surface area contributed by atoms with Crippen LogP contribution in [0, 0.1) is 0 Å². The van der Waals surface area contributed by atoms with Crippen molar-refractivity contribution in [3.05, 3.63) is 35.9 Å². The third-order valence-corrected chi connectivity index (χ3v) is 3.09. The molecule has 7 heteroatoms. The van der Waals surface area contributed by atoms with Gasteiger partial charge >= 0.3 is 5.97 Å². The predicted octanol–water partition coefficient (Wildman–Crippen LogP) is 1.33. The van der Waals surface area contributed by atoms with Gasteiger partial charge in [0.1, 0.15) is 7.11 Å². The molecule has 1 rings (SSSR count). The standard InChI is InChI=1S/C16H25N3O4/c1-4-22-12-14(15(20)23-5-2)19(16(17)18-21-3)11-13-9-7-6-8-10-13/h6-10,14H,4-5,11-12H2,1-3H3,(H2,17,18).